The summed E-state index contributed by atoms with van der Waals surface area (Å²) in [7, 11) is -4.66. The average Bonchev–Trinajstić information content (AvgIpc) is 2.75. The number of nitro groups is 1. The molecule has 0 radical (unpaired) electrons. The summed E-state index contributed by atoms with van der Waals surface area (Å²) >= 11 is 0.868. The molecular formula is C9H6N3NaO5S2. The Bertz CT molecular complexity index is 731. The van der Waals surface area contributed by atoms with Gasteiger partial charge >= 0.3 is 29.6 Å². The van der Waals surface area contributed by atoms with Crippen molar-refractivity contribution in [2.75, 3.05) is 4.72 Å². The van der Waals surface area contributed by atoms with E-state index in [0.717, 1.165) is 11.3 Å². The number of thiazole rings is 1. The van der Waals surface area contributed by atoms with Gasteiger partial charge in [0.05, 0.1) is 16.2 Å². The van der Waals surface area contributed by atoms with E-state index in [9.17, 15) is 23.1 Å². The second-order valence-corrected chi connectivity index (χ2v) is 5.34. The second kappa shape index (κ2) is 6.61. The maximum Gasteiger partial charge on any atom is 1.00 e. The Morgan fingerprint density at radius 2 is 1.95 bits per heavy atom. The van der Waals surface area contributed by atoms with E-state index in [4.69, 9.17) is 0 Å². The van der Waals surface area contributed by atoms with Crippen LogP contribution in [0.15, 0.2) is 29.6 Å². The van der Waals surface area contributed by atoms with E-state index in [-0.39, 0.29) is 51.6 Å². The first-order valence-corrected chi connectivity index (χ1v) is 7.08. The topological polar surface area (TPSA) is 125 Å². The third kappa shape index (κ3) is 4.23. The van der Waals surface area contributed by atoms with Crippen LogP contribution in [0.25, 0.3) is 11.3 Å². The number of para-hydroxylation sites is 1. The van der Waals surface area contributed by atoms with Gasteiger partial charge in [0.15, 0.2) is 15.4 Å². The zero-order valence-corrected chi connectivity index (χ0v) is 13.8. The summed E-state index contributed by atoms with van der Waals surface area (Å²) in [6.07, 6.45) is 0. The zero-order chi connectivity index (χ0) is 14.0. The van der Waals surface area contributed by atoms with Gasteiger partial charge < -0.3 is 4.55 Å². The molecule has 0 aliphatic heterocycles. The zero-order valence-electron chi connectivity index (χ0n) is 10.1. The molecule has 1 aromatic carbocycles. The quantitative estimate of drug-likeness (QED) is 0.319. The summed E-state index contributed by atoms with van der Waals surface area (Å²) in [5.41, 5.74) is 0.327. The molecule has 0 aliphatic rings. The number of nitrogens with zero attached hydrogens (tertiary/aromatic N) is 2. The van der Waals surface area contributed by atoms with Gasteiger partial charge in [0.2, 0.25) is 0 Å². The van der Waals surface area contributed by atoms with Crippen LogP contribution in [0.1, 0.15) is 0 Å². The van der Waals surface area contributed by atoms with Crippen LogP contribution >= 0.6 is 11.3 Å². The van der Waals surface area contributed by atoms with Crippen molar-refractivity contribution in [1.82, 2.24) is 4.98 Å². The Hall–Kier alpha value is -1.04. The predicted octanol–water partition coefficient (Wildman–Crippen LogP) is -1.41. The molecule has 1 aromatic heterocycles. The summed E-state index contributed by atoms with van der Waals surface area (Å²) in [6, 6.07) is 5.91. The maximum absolute atomic E-state index is 10.9. The molecule has 0 aliphatic carbocycles. The van der Waals surface area contributed by atoms with Gasteiger partial charge in [-0.1, -0.05) is 12.1 Å². The Balaban J connectivity index is 0.00000200. The van der Waals surface area contributed by atoms with E-state index in [1.807, 2.05) is 0 Å². The Morgan fingerprint density at radius 3 is 2.55 bits per heavy atom. The van der Waals surface area contributed by atoms with Crippen LogP contribution < -0.4 is 34.3 Å². The number of aromatic nitrogens is 1. The number of anilines is 1. The molecule has 0 unspecified atom stereocenters. The minimum Gasteiger partial charge on any atom is -0.731 e. The van der Waals surface area contributed by atoms with Crippen LogP contribution in [0.3, 0.4) is 0 Å². The summed E-state index contributed by atoms with van der Waals surface area (Å²) in [4.78, 5) is 14.1. The Labute approximate surface area is 140 Å². The molecule has 0 bridgehead atoms. The van der Waals surface area contributed by atoms with Crippen molar-refractivity contribution in [3.05, 3.63) is 39.8 Å². The van der Waals surface area contributed by atoms with Crippen molar-refractivity contribution in [2.24, 2.45) is 0 Å². The van der Waals surface area contributed by atoms with E-state index in [1.165, 1.54) is 23.6 Å². The normalized spacial score (nSPS) is 10.7. The molecule has 11 heteroatoms. The second-order valence-electron chi connectivity index (χ2n) is 3.37. The minimum absolute atomic E-state index is 0. The molecule has 1 heterocycles. The molecule has 0 fully saturated rings. The fourth-order valence-corrected chi connectivity index (χ4v) is 2.71. The number of hydrogen-bond donors (Lipinski definition) is 1. The minimum atomic E-state index is -4.66. The molecule has 2 rings (SSSR count). The maximum atomic E-state index is 10.9. The molecule has 0 saturated carbocycles. The molecule has 0 atom stereocenters. The van der Waals surface area contributed by atoms with E-state index >= 15 is 0 Å². The first-order valence-electron chi connectivity index (χ1n) is 4.80. The van der Waals surface area contributed by atoms with Crippen molar-refractivity contribution in [2.45, 2.75) is 0 Å². The first kappa shape index (κ1) is 17.0. The Kier molecular flexibility index (Phi) is 5.62. The van der Waals surface area contributed by atoms with Crippen molar-refractivity contribution in [3.8, 4) is 11.3 Å². The first-order chi connectivity index (χ1) is 8.87. The monoisotopic (exact) mass is 323 g/mol. The summed E-state index contributed by atoms with van der Waals surface area (Å²) in [6.45, 7) is 0. The van der Waals surface area contributed by atoms with Crippen LogP contribution in [0.5, 0.6) is 0 Å². The van der Waals surface area contributed by atoms with Gasteiger partial charge in [0.25, 0.3) is 5.69 Å². The van der Waals surface area contributed by atoms with Gasteiger partial charge in [-0.2, -0.15) is 0 Å². The van der Waals surface area contributed by atoms with Crippen molar-refractivity contribution in [3.63, 3.8) is 0 Å². The molecule has 20 heavy (non-hydrogen) atoms. The number of nitrogens with one attached hydrogen (secondary N) is 1. The summed E-state index contributed by atoms with van der Waals surface area (Å²) in [5.74, 6) is 0. The van der Waals surface area contributed by atoms with Crippen LogP contribution in [-0.4, -0.2) is 22.9 Å². The molecule has 1 N–H and O–H groups in total. The van der Waals surface area contributed by atoms with E-state index in [1.54, 1.807) is 10.8 Å². The van der Waals surface area contributed by atoms with Crippen molar-refractivity contribution < 1.29 is 47.5 Å². The summed E-state index contributed by atoms with van der Waals surface area (Å²) < 4.78 is 33.2. The van der Waals surface area contributed by atoms with Gasteiger partial charge in [-0.3, -0.25) is 14.8 Å². The fraction of sp³-hybridized carbons (Fsp3) is 0. The van der Waals surface area contributed by atoms with Gasteiger partial charge in [-0.05, 0) is 6.07 Å². The molecular weight excluding hydrogens is 317 g/mol. The van der Waals surface area contributed by atoms with Crippen LogP contribution in [-0.2, 0) is 10.3 Å². The standard InChI is InChI=1S/C9H7N3O5S2.Na/c13-12(14)8-4-2-1-3-6(8)7-5-18-9(10-7)11-19(15,16)17;/h1-5H,(H,10,11)(H,15,16,17);/q;+1/p-1. The van der Waals surface area contributed by atoms with Crippen LogP contribution in [0.2, 0.25) is 0 Å². The van der Waals surface area contributed by atoms with Gasteiger partial charge in [0.1, 0.15) is 0 Å². The number of nitro benzene ring substituents is 1. The molecule has 0 saturated heterocycles. The Morgan fingerprint density at radius 1 is 1.30 bits per heavy atom. The molecule has 2 aromatic rings. The SMILES string of the molecule is O=[N+]([O-])c1ccccc1-c1csc(NS(=O)(=O)[O-])n1.[Na+]. The van der Waals surface area contributed by atoms with Crippen LogP contribution in [0, 0.1) is 10.1 Å². The fourth-order valence-electron chi connectivity index (χ4n) is 1.40. The number of rotatable bonds is 4. The van der Waals surface area contributed by atoms with E-state index < -0.39 is 15.2 Å². The average molecular weight is 323 g/mol. The smallest absolute Gasteiger partial charge is 0.731 e. The number of hydrogen-bond acceptors (Lipinski definition) is 7. The van der Waals surface area contributed by atoms with E-state index in [0.29, 0.717) is 0 Å². The molecule has 0 amide bonds. The van der Waals surface area contributed by atoms with E-state index in [2.05, 4.69) is 4.98 Å². The molecule has 8 nitrogen and oxygen atoms in total. The van der Waals surface area contributed by atoms with Gasteiger partial charge in [0, 0.05) is 11.4 Å². The van der Waals surface area contributed by atoms with Crippen molar-refractivity contribution in [1.29, 1.82) is 0 Å². The molecule has 100 valence electrons. The largest absolute Gasteiger partial charge is 1.00 e. The van der Waals surface area contributed by atoms with Gasteiger partial charge in [-0.25, -0.2) is 13.4 Å². The van der Waals surface area contributed by atoms with Gasteiger partial charge in [-0.15, -0.1) is 11.3 Å². The predicted molar refractivity (Wildman–Crippen MR) is 67.5 cm³/mol. The summed E-state index contributed by atoms with van der Waals surface area (Å²) in [5, 5.41) is 12.1. The molecule has 0 spiro atoms. The third-order valence-electron chi connectivity index (χ3n) is 2.09. The third-order valence-corrected chi connectivity index (χ3v) is 3.42. The van der Waals surface area contributed by atoms with Crippen molar-refractivity contribution >= 4 is 32.5 Å². The number of benzene rings is 1. The van der Waals surface area contributed by atoms with Crippen LogP contribution in [0.4, 0.5) is 10.8 Å².